The number of aromatic nitrogens is 1. The molecule has 157 valence electrons. The molecule has 5 aromatic rings. The Morgan fingerprint density at radius 2 is 1.66 bits per heavy atom. The zero-order valence-corrected chi connectivity index (χ0v) is 17.2. The Bertz CT molecular complexity index is 1420. The molecule has 0 saturated carbocycles. The number of ether oxygens (including phenoxy) is 2. The Balaban J connectivity index is 1.49. The molecule has 0 fully saturated rings. The van der Waals surface area contributed by atoms with Crippen LogP contribution in [0.15, 0.2) is 77.3 Å². The van der Waals surface area contributed by atoms with Crippen LogP contribution < -0.4 is 0 Å². The normalized spacial score (nSPS) is 12.2. The number of hydrogen-bond acceptors (Lipinski definition) is 6. The van der Waals surface area contributed by atoms with Gasteiger partial charge in [-0.05, 0) is 52.2 Å². The number of nitrogens with zero attached hydrogens (tertiary/aromatic N) is 1. The number of esters is 1. The van der Waals surface area contributed by atoms with E-state index in [-0.39, 0.29) is 12.3 Å². The van der Waals surface area contributed by atoms with E-state index in [0.29, 0.717) is 16.5 Å². The highest BCUT2D eigenvalue weighted by molar-refractivity contribution is 6.03. The van der Waals surface area contributed by atoms with Crippen LogP contribution in [0.4, 0.5) is 0 Å². The van der Waals surface area contributed by atoms with Crippen molar-refractivity contribution in [3.8, 4) is 0 Å². The Labute approximate surface area is 183 Å². The fourth-order valence-corrected chi connectivity index (χ4v) is 3.97. The van der Waals surface area contributed by atoms with Gasteiger partial charge in [0.05, 0.1) is 5.39 Å². The Hall–Kier alpha value is -4.19. The van der Waals surface area contributed by atoms with Crippen molar-refractivity contribution in [1.82, 2.24) is 5.16 Å². The first kappa shape index (κ1) is 19.8. The van der Waals surface area contributed by atoms with Crippen molar-refractivity contribution in [3.63, 3.8) is 0 Å². The minimum atomic E-state index is -0.589. The maximum Gasteiger partial charge on any atom is 0.418 e. The van der Waals surface area contributed by atoms with E-state index in [0.717, 1.165) is 27.1 Å². The molecule has 0 aliphatic carbocycles. The number of benzene rings is 4. The lowest BCUT2D eigenvalue weighted by Crippen LogP contribution is -2.07. The molecule has 1 radical (unpaired) electrons. The van der Waals surface area contributed by atoms with Gasteiger partial charge in [-0.25, -0.2) is 9.59 Å². The predicted molar refractivity (Wildman–Crippen MR) is 120 cm³/mol. The minimum absolute atomic E-state index is 0.0775. The van der Waals surface area contributed by atoms with Crippen molar-refractivity contribution >= 4 is 45.0 Å². The Morgan fingerprint density at radius 1 is 0.969 bits per heavy atom. The van der Waals surface area contributed by atoms with E-state index < -0.39 is 12.1 Å². The Kier molecular flexibility index (Phi) is 5.03. The average molecular weight is 424 g/mol. The van der Waals surface area contributed by atoms with Crippen LogP contribution in [0, 0.1) is 0 Å². The summed E-state index contributed by atoms with van der Waals surface area (Å²) in [5.41, 5.74) is 2.15. The van der Waals surface area contributed by atoms with Crippen LogP contribution >= 0.6 is 0 Å². The lowest BCUT2D eigenvalue weighted by molar-refractivity contribution is 0.0466. The Morgan fingerprint density at radius 3 is 2.34 bits per heavy atom. The average Bonchev–Trinajstić information content (AvgIpc) is 3.25. The molecule has 0 amide bonds. The second-order valence-corrected chi connectivity index (χ2v) is 7.50. The molecular weight excluding hydrogens is 406 g/mol. The summed E-state index contributed by atoms with van der Waals surface area (Å²) in [5.74, 6) is -0.589. The number of carbonyl (C=O) groups excluding carboxylic acids is 2. The van der Waals surface area contributed by atoms with Crippen molar-refractivity contribution in [3.05, 3.63) is 89.6 Å². The number of carbonyl (C=O) groups is 1. The highest BCUT2D eigenvalue weighted by Gasteiger charge is 2.20. The van der Waals surface area contributed by atoms with Gasteiger partial charge in [0.25, 0.3) is 0 Å². The van der Waals surface area contributed by atoms with Gasteiger partial charge in [-0.2, -0.15) is 0 Å². The first-order chi connectivity index (χ1) is 15.7. The van der Waals surface area contributed by atoms with Gasteiger partial charge in [-0.1, -0.05) is 59.8 Å². The highest BCUT2D eigenvalue weighted by atomic mass is 16.5. The van der Waals surface area contributed by atoms with Gasteiger partial charge in [0.15, 0.2) is 11.3 Å². The molecule has 32 heavy (non-hydrogen) atoms. The standard InChI is InChI=1S/C26H18NO5/c1-16(31-15-28)17-10-11-24-22(13-17)25(27-32-24)26(29)30-14-23-20-8-4-2-6-18(20)12-19-7-3-5-9-21(19)23/h2-13,16H,14H2,1H3. The van der Waals surface area contributed by atoms with E-state index in [1.807, 2.05) is 48.5 Å². The van der Waals surface area contributed by atoms with Gasteiger partial charge >= 0.3 is 12.4 Å². The molecule has 1 unspecified atom stereocenters. The zero-order chi connectivity index (χ0) is 22.1. The van der Waals surface area contributed by atoms with Gasteiger partial charge < -0.3 is 14.0 Å². The number of rotatable bonds is 6. The number of fused-ring (bicyclic) bond motifs is 3. The van der Waals surface area contributed by atoms with Crippen molar-refractivity contribution in [2.45, 2.75) is 19.6 Å². The lowest BCUT2D eigenvalue weighted by atomic mass is 9.97. The summed E-state index contributed by atoms with van der Waals surface area (Å²) in [6.45, 7) is 3.24. The summed E-state index contributed by atoms with van der Waals surface area (Å²) in [4.78, 5) is 23.5. The molecule has 0 aliphatic rings. The summed E-state index contributed by atoms with van der Waals surface area (Å²) in [7, 11) is 0. The molecule has 0 saturated heterocycles. The molecule has 0 spiro atoms. The molecular formula is C26H18NO5. The minimum Gasteiger partial charge on any atom is -0.456 e. The third-order valence-corrected chi connectivity index (χ3v) is 5.61. The summed E-state index contributed by atoms with van der Waals surface area (Å²) in [6.07, 6.45) is -0.516. The summed E-state index contributed by atoms with van der Waals surface area (Å²) in [5, 5.41) is 8.62. The molecule has 4 aromatic carbocycles. The van der Waals surface area contributed by atoms with Crippen molar-refractivity contribution < 1.29 is 23.6 Å². The molecule has 0 N–H and O–H groups in total. The molecule has 1 heterocycles. The maximum atomic E-state index is 12.9. The fraction of sp³-hybridized carbons (Fsp3) is 0.115. The van der Waals surface area contributed by atoms with E-state index in [1.165, 1.54) is 6.47 Å². The van der Waals surface area contributed by atoms with Crippen molar-refractivity contribution in [2.75, 3.05) is 0 Å². The molecule has 1 atom stereocenters. The topological polar surface area (TPSA) is 78.6 Å². The molecule has 6 nitrogen and oxygen atoms in total. The second kappa shape index (κ2) is 8.15. The third kappa shape index (κ3) is 3.46. The smallest absolute Gasteiger partial charge is 0.418 e. The van der Waals surface area contributed by atoms with Crippen LogP contribution in [0.5, 0.6) is 0 Å². The highest BCUT2D eigenvalue weighted by Crippen LogP contribution is 2.30. The predicted octanol–water partition coefficient (Wildman–Crippen LogP) is 5.64. The van der Waals surface area contributed by atoms with Crippen LogP contribution in [0.1, 0.15) is 34.6 Å². The van der Waals surface area contributed by atoms with Crippen LogP contribution in [0.2, 0.25) is 0 Å². The largest absolute Gasteiger partial charge is 0.456 e. The number of hydrogen-bond donors (Lipinski definition) is 0. The van der Waals surface area contributed by atoms with Crippen LogP contribution in [0.3, 0.4) is 0 Å². The third-order valence-electron chi connectivity index (χ3n) is 5.61. The van der Waals surface area contributed by atoms with E-state index in [1.54, 1.807) is 25.1 Å². The van der Waals surface area contributed by atoms with Crippen LogP contribution in [-0.2, 0) is 20.9 Å². The molecule has 5 rings (SSSR count). The van der Waals surface area contributed by atoms with Gasteiger partial charge in [0.1, 0.15) is 12.7 Å². The first-order valence-electron chi connectivity index (χ1n) is 10.1. The molecule has 1 aromatic heterocycles. The molecule has 6 heteroatoms. The molecule has 0 aliphatic heterocycles. The first-order valence-corrected chi connectivity index (χ1v) is 10.1. The lowest BCUT2D eigenvalue weighted by Gasteiger charge is -2.12. The van der Waals surface area contributed by atoms with Gasteiger partial charge in [0.2, 0.25) is 0 Å². The molecule has 0 bridgehead atoms. The van der Waals surface area contributed by atoms with E-state index >= 15 is 0 Å². The SMILES string of the molecule is CC(O[C]=O)c1ccc2onc(C(=O)OCc3c4ccccc4cc4ccccc34)c2c1. The summed E-state index contributed by atoms with van der Waals surface area (Å²) < 4.78 is 15.8. The monoisotopic (exact) mass is 424 g/mol. The maximum absolute atomic E-state index is 12.9. The van der Waals surface area contributed by atoms with E-state index in [2.05, 4.69) is 11.2 Å². The fourth-order valence-electron chi connectivity index (χ4n) is 3.97. The zero-order valence-electron chi connectivity index (χ0n) is 17.2. The van der Waals surface area contributed by atoms with E-state index in [4.69, 9.17) is 14.0 Å². The quantitative estimate of drug-likeness (QED) is 0.259. The van der Waals surface area contributed by atoms with E-state index in [9.17, 15) is 9.59 Å². The van der Waals surface area contributed by atoms with Gasteiger partial charge in [-0.15, -0.1) is 0 Å². The second-order valence-electron chi connectivity index (χ2n) is 7.50. The van der Waals surface area contributed by atoms with Gasteiger partial charge in [0, 0.05) is 5.56 Å². The van der Waals surface area contributed by atoms with Crippen molar-refractivity contribution in [1.29, 1.82) is 0 Å². The van der Waals surface area contributed by atoms with Crippen LogP contribution in [-0.4, -0.2) is 17.6 Å². The van der Waals surface area contributed by atoms with Crippen LogP contribution in [0.25, 0.3) is 32.5 Å². The summed E-state index contributed by atoms with van der Waals surface area (Å²) >= 11 is 0. The summed E-state index contributed by atoms with van der Waals surface area (Å²) in [6, 6.07) is 23.3. The van der Waals surface area contributed by atoms with Crippen molar-refractivity contribution in [2.24, 2.45) is 0 Å². The van der Waals surface area contributed by atoms with Gasteiger partial charge in [-0.3, -0.25) is 0 Å².